The molecule has 0 spiro atoms. The molecule has 0 aromatic carbocycles. The molecule has 0 rings (SSSR count). The molecule has 75 heavy (non-hydrogen) atoms. The van der Waals surface area contributed by atoms with Gasteiger partial charge in [0.15, 0.2) is 0 Å². The summed E-state index contributed by atoms with van der Waals surface area (Å²) in [5, 5.41) is 3.04. The minimum atomic E-state index is -4.69. The van der Waals surface area contributed by atoms with E-state index in [-0.39, 0.29) is 31.5 Å². The Morgan fingerprint density at radius 3 is 1.09 bits per heavy atom. The fraction of sp³-hybridized carbons (Fsp3) is 0.938. The second-order valence-corrected chi connectivity index (χ2v) is 25.4. The summed E-state index contributed by atoms with van der Waals surface area (Å²) in [4.78, 5) is 40.0. The third-order valence-electron chi connectivity index (χ3n) is 15.2. The van der Waals surface area contributed by atoms with Gasteiger partial charge in [0.25, 0.3) is 7.82 Å². The lowest BCUT2D eigenvalue weighted by Crippen LogP contribution is -2.47. The number of allylic oxidation sites excluding steroid dienone is 1. The van der Waals surface area contributed by atoms with E-state index in [1.807, 2.05) is 33.3 Å². The first kappa shape index (κ1) is 73.8. The third-order valence-corrected chi connectivity index (χ3v) is 16.2. The number of unbranched alkanes of at least 4 members (excludes halogenated alkanes) is 45. The zero-order valence-electron chi connectivity index (χ0n) is 51.0. The number of nitrogens with zero attached hydrogens (tertiary/aromatic N) is 1. The number of hydrogen-bond donors (Lipinski definition) is 1. The summed E-state index contributed by atoms with van der Waals surface area (Å²) in [6, 6.07) is -0.879. The molecule has 0 aliphatic heterocycles. The highest BCUT2D eigenvalue weighted by Crippen LogP contribution is 2.38. The number of esters is 1. The third kappa shape index (κ3) is 57.3. The molecule has 0 aromatic rings. The number of quaternary nitrogens is 1. The van der Waals surface area contributed by atoms with Gasteiger partial charge in [-0.3, -0.25) is 14.2 Å². The predicted molar refractivity (Wildman–Crippen MR) is 321 cm³/mol. The number of likely N-dealkylation sites (N-methyl/N-ethyl adjacent to an activating group) is 1. The lowest BCUT2D eigenvalue weighted by atomic mass is 10.0. The van der Waals surface area contributed by atoms with E-state index in [0.717, 1.165) is 57.8 Å². The van der Waals surface area contributed by atoms with Crippen molar-refractivity contribution in [3.8, 4) is 0 Å². The van der Waals surface area contributed by atoms with E-state index in [9.17, 15) is 19.0 Å². The van der Waals surface area contributed by atoms with E-state index in [4.69, 9.17) is 13.8 Å². The summed E-state index contributed by atoms with van der Waals surface area (Å²) in [7, 11) is 1.21. The molecule has 0 radical (unpaired) electrons. The topological polar surface area (TPSA) is 114 Å². The quantitative estimate of drug-likeness (QED) is 0.0212. The van der Waals surface area contributed by atoms with Crippen LogP contribution in [-0.2, 0) is 27.9 Å². The number of phosphoric acid groups is 1. The van der Waals surface area contributed by atoms with Crippen LogP contribution in [0, 0.1) is 0 Å². The highest BCUT2D eigenvalue weighted by molar-refractivity contribution is 7.45. The Kier molecular flexibility index (Phi) is 55.1. The smallest absolute Gasteiger partial charge is 0.306 e. The van der Waals surface area contributed by atoms with Crippen molar-refractivity contribution in [1.29, 1.82) is 0 Å². The monoisotopic (exact) mass is 1080 g/mol. The number of carbonyl (C=O) groups is 2. The second kappa shape index (κ2) is 56.0. The minimum absolute atomic E-state index is 0.0166. The van der Waals surface area contributed by atoms with Crippen molar-refractivity contribution in [2.24, 2.45) is 0 Å². The molecule has 0 bridgehead atoms. The Balaban J connectivity index is 5.08. The molecule has 0 aliphatic rings. The van der Waals surface area contributed by atoms with Crippen LogP contribution in [0.15, 0.2) is 12.2 Å². The molecule has 1 amide bonds. The van der Waals surface area contributed by atoms with Crippen molar-refractivity contribution >= 4 is 19.7 Å². The molecule has 0 aromatic heterocycles. The maximum absolute atomic E-state index is 13.6. The van der Waals surface area contributed by atoms with Crippen LogP contribution in [0.2, 0.25) is 0 Å². The molecule has 3 unspecified atom stereocenters. The van der Waals surface area contributed by atoms with Crippen molar-refractivity contribution < 1.29 is 37.3 Å². The first-order valence-corrected chi connectivity index (χ1v) is 34.5. The summed E-state index contributed by atoms with van der Waals surface area (Å²) in [6.07, 6.45) is 64.7. The molecular weight excluding hydrogens is 952 g/mol. The summed E-state index contributed by atoms with van der Waals surface area (Å²) < 4.78 is 30.4. The lowest BCUT2D eigenvalue weighted by molar-refractivity contribution is -0.870. The maximum Gasteiger partial charge on any atom is 0.306 e. The largest absolute Gasteiger partial charge is 0.756 e. The van der Waals surface area contributed by atoms with E-state index < -0.39 is 20.0 Å². The maximum atomic E-state index is 13.6. The van der Waals surface area contributed by atoms with E-state index >= 15 is 0 Å². The SMILES string of the molecule is CCCCCCCCCCCCC/C=C\C(OC(=O)CCCCCCCCCCCCCCC)C(COP(=O)([O-])OCC[N+](C)(C)C)NC(=O)CCCCCCCCCCCCCCCCCCCCCCCCC. The molecule has 0 aliphatic carbocycles. The van der Waals surface area contributed by atoms with E-state index in [1.165, 1.54) is 250 Å². The number of nitrogens with one attached hydrogen (secondary N) is 1. The normalized spacial score (nSPS) is 13.6. The van der Waals surface area contributed by atoms with Crippen LogP contribution in [0.25, 0.3) is 0 Å². The highest BCUT2D eigenvalue weighted by atomic mass is 31.2. The van der Waals surface area contributed by atoms with Gasteiger partial charge in [0, 0.05) is 12.8 Å². The average Bonchev–Trinajstić information content (AvgIpc) is 3.37. The molecule has 3 atom stereocenters. The fourth-order valence-electron chi connectivity index (χ4n) is 10.1. The molecule has 0 fully saturated rings. The number of carbonyl (C=O) groups excluding carboxylic acids is 2. The summed E-state index contributed by atoms with van der Waals surface area (Å²) in [5.41, 5.74) is 0. The summed E-state index contributed by atoms with van der Waals surface area (Å²) >= 11 is 0. The van der Waals surface area contributed by atoms with Crippen LogP contribution in [-0.4, -0.2) is 69.4 Å². The second-order valence-electron chi connectivity index (χ2n) is 24.0. The molecular formula is C65H129N2O7P. The van der Waals surface area contributed by atoms with Gasteiger partial charge in [-0.2, -0.15) is 0 Å². The standard InChI is InChI=1S/C65H129N2O7P/c1-7-10-13-16-19-22-25-28-29-30-31-32-33-34-35-36-37-40-42-45-48-51-54-57-64(68)66-62(61-73-75(70,71)72-60-59-67(4,5)6)63(56-53-50-47-44-41-38-26-23-20-17-14-11-8-2)74-65(69)58-55-52-49-46-43-39-27-24-21-18-15-12-9-3/h53,56,62-63H,7-52,54-55,57-61H2,1-6H3,(H-,66,68,70,71)/b56-53-. The molecule has 446 valence electrons. The van der Waals surface area contributed by atoms with Crippen LogP contribution < -0.4 is 10.2 Å². The molecule has 1 N–H and O–H groups in total. The Bertz CT molecular complexity index is 1290. The van der Waals surface area contributed by atoms with Crippen LogP contribution in [0.3, 0.4) is 0 Å². The highest BCUT2D eigenvalue weighted by Gasteiger charge is 2.27. The van der Waals surface area contributed by atoms with Gasteiger partial charge >= 0.3 is 5.97 Å². The Labute approximate surface area is 467 Å². The molecule has 9 nitrogen and oxygen atoms in total. The lowest BCUT2D eigenvalue weighted by Gasteiger charge is -2.30. The Morgan fingerprint density at radius 2 is 0.760 bits per heavy atom. The molecule has 0 heterocycles. The predicted octanol–water partition coefficient (Wildman–Crippen LogP) is 19.7. The minimum Gasteiger partial charge on any atom is -0.756 e. The first-order chi connectivity index (χ1) is 36.4. The van der Waals surface area contributed by atoms with Crippen LogP contribution >= 0.6 is 7.82 Å². The number of amides is 1. The van der Waals surface area contributed by atoms with Gasteiger partial charge in [-0.05, 0) is 31.8 Å². The van der Waals surface area contributed by atoms with Gasteiger partial charge in [0.1, 0.15) is 19.3 Å². The Morgan fingerprint density at radius 1 is 0.453 bits per heavy atom. The fourth-order valence-corrected chi connectivity index (χ4v) is 10.8. The van der Waals surface area contributed by atoms with E-state index in [2.05, 4.69) is 26.1 Å². The summed E-state index contributed by atoms with van der Waals surface area (Å²) in [6.45, 7) is 6.90. The summed E-state index contributed by atoms with van der Waals surface area (Å²) in [5.74, 6) is -0.518. The van der Waals surface area contributed by atoms with Crippen LogP contribution in [0.1, 0.15) is 342 Å². The zero-order valence-corrected chi connectivity index (χ0v) is 51.9. The molecule has 10 heteroatoms. The number of phosphoric ester groups is 1. The zero-order chi connectivity index (χ0) is 55.0. The average molecular weight is 1080 g/mol. The van der Waals surface area contributed by atoms with Crippen molar-refractivity contribution in [3.63, 3.8) is 0 Å². The molecule has 0 saturated heterocycles. The van der Waals surface area contributed by atoms with Gasteiger partial charge < -0.3 is 28.5 Å². The number of hydrogen-bond acceptors (Lipinski definition) is 7. The van der Waals surface area contributed by atoms with Gasteiger partial charge in [0.05, 0.1) is 33.8 Å². The Hall–Kier alpha value is -1.25. The van der Waals surface area contributed by atoms with Gasteiger partial charge in [-0.1, -0.05) is 309 Å². The number of rotatable bonds is 61. The van der Waals surface area contributed by atoms with Crippen LogP contribution in [0.4, 0.5) is 0 Å². The van der Waals surface area contributed by atoms with Crippen LogP contribution in [0.5, 0.6) is 0 Å². The first-order valence-electron chi connectivity index (χ1n) is 33.0. The van der Waals surface area contributed by atoms with Crippen molar-refractivity contribution in [1.82, 2.24) is 5.32 Å². The van der Waals surface area contributed by atoms with Gasteiger partial charge in [-0.15, -0.1) is 0 Å². The molecule has 0 saturated carbocycles. The van der Waals surface area contributed by atoms with E-state index in [0.29, 0.717) is 17.4 Å². The van der Waals surface area contributed by atoms with Gasteiger partial charge in [0.2, 0.25) is 5.91 Å². The van der Waals surface area contributed by atoms with Crippen molar-refractivity contribution in [3.05, 3.63) is 12.2 Å². The van der Waals surface area contributed by atoms with E-state index in [1.54, 1.807) is 0 Å². The number of ether oxygens (including phenoxy) is 1. The van der Waals surface area contributed by atoms with Gasteiger partial charge in [-0.25, -0.2) is 0 Å². The van der Waals surface area contributed by atoms with Crippen molar-refractivity contribution in [2.75, 3.05) is 40.9 Å². The van der Waals surface area contributed by atoms with Crippen molar-refractivity contribution in [2.45, 2.75) is 354 Å².